The number of likely N-dealkylation sites (tertiary alicyclic amines) is 1. The number of carbonyl (C=O) groups is 1. The van der Waals surface area contributed by atoms with Crippen LogP contribution in [0.5, 0.6) is 0 Å². The predicted molar refractivity (Wildman–Crippen MR) is 78.5 cm³/mol. The van der Waals surface area contributed by atoms with Crippen LogP contribution in [0.3, 0.4) is 0 Å². The maximum atomic E-state index is 12.2. The van der Waals surface area contributed by atoms with Gasteiger partial charge >= 0.3 is 0 Å². The van der Waals surface area contributed by atoms with Crippen LogP contribution in [-0.2, 0) is 22.4 Å². The number of amides is 1. The van der Waals surface area contributed by atoms with Crippen molar-refractivity contribution < 1.29 is 9.53 Å². The third-order valence-corrected chi connectivity index (χ3v) is 3.82. The summed E-state index contributed by atoms with van der Waals surface area (Å²) in [4.78, 5) is 18.5. The summed E-state index contributed by atoms with van der Waals surface area (Å²) in [6.45, 7) is 7.30. The first kappa shape index (κ1) is 15.0. The monoisotopic (exact) mass is 276 g/mol. The number of rotatable bonds is 6. The summed E-state index contributed by atoms with van der Waals surface area (Å²) >= 11 is 0. The lowest BCUT2D eigenvalue weighted by molar-refractivity contribution is -0.129. The maximum absolute atomic E-state index is 12.2. The lowest BCUT2D eigenvalue weighted by atomic mass is 10.1. The highest BCUT2D eigenvalue weighted by molar-refractivity contribution is 5.78. The molecule has 1 aliphatic rings. The maximum Gasteiger partial charge on any atom is 0.228 e. The van der Waals surface area contributed by atoms with Crippen LogP contribution in [0.15, 0.2) is 18.3 Å². The van der Waals surface area contributed by atoms with Gasteiger partial charge < -0.3 is 9.64 Å². The van der Waals surface area contributed by atoms with Gasteiger partial charge in [-0.25, -0.2) is 0 Å². The quantitative estimate of drug-likeness (QED) is 0.799. The van der Waals surface area contributed by atoms with Gasteiger partial charge in [-0.3, -0.25) is 9.78 Å². The Bertz CT molecular complexity index is 431. The molecule has 0 spiro atoms. The largest absolute Gasteiger partial charge is 0.381 e. The summed E-state index contributed by atoms with van der Waals surface area (Å²) in [5, 5.41) is 0. The highest BCUT2D eigenvalue weighted by atomic mass is 16.5. The van der Waals surface area contributed by atoms with E-state index < -0.39 is 0 Å². The Hall–Kier alpha value is -1.42. The molecule has 1 aromatic heterocycles. The number of ether oxygens (including phenoxy) is 1. The van der Waals surface area contributed by atoms with Crippen LogP contribution >= 0.6 is 0 Å². The van der Waals surface area contributed by atoms with Crippen molar-refractivity contribution in [2.75, 3.05) is 26.3 Å². The number of hydrogen-bond acceptors (Lipinski definition) is 3. The topological polar surface area (TPSA) is 42.4 Å². The Morgan fingerprint density at radius 2 is 2.30 bits per heavy atom. The first-order valence-electron chi connectivity index (χ1n) is 7.52. The molecule has 110 valence electrons. The molecule has 1 atom stereocenters. The van der Waals surface area contributed by atoms with Gasteiger partial charge in [-0.05, 0) is 31.4 Å². The Kier molecular flexibility index (Phi) is 5.53. The molecule has 4 heteroatoms. The van der Waals surface area contributed by atoms with E-state index in [1.54, 1.807) is 0 Å². The molecule has 0 saturated carbocycles. The van der Waals surface area contributed by atoms with Gasteiger partial charge in [-0.15, -0.1) is 0 Å². The fourth-order valence-electron chi connectivity index (χ4n) is 2.52. The van der Waals surface area contributed by atoms with Crippen LogP contribution < -0.4 is 0 Å². The van der Waals surface area contributed by atoms with Gasteiger partial charge in [0.2, 0.25) is 5.91 Å². The zero-order chi connectivity index (χ0) is 14.4. The van der Waals surface area contributed by atoms with Crippen molar-refractivity contribution in [2.45, 2.75) is 33.1 Å². The highest BCUT2D eigenvalue weighted by Crippen LogP contribution is 2.17. The van der Waals surface area contributed by atoms with E-state index in [4.69, 9.17) is 4.74 Å². The van der Waals surface area contributed by atoms with E-state index in [1.807, 2.05) is 24.1 Å². The van der Waals surface area contributed by atoms with Gasteiger partial charge in [0.05, 0.1) is 13.0 Å². The molecule has 0 bridgehead atoms. The first-order valence-corrected chi connectivity index (χ1v) is 7.52. The molecule has 20 heavy (non-hydrogen) atoms. The summed E-state index contributed by atoms with van der Waals surface area (Å²) in [6.07, 6.45) is 4.30. The SMILES string of the molecule is CCOCC1CCN(C(=O)Cc2ccc(CC)cn2)C1. The molecule has 1 fully saturated rings. The molecular weight excluding hydrogens is 252 g/mol. The Morgan fingerprint density at radius 3 is 2.95 bits per heavy atom. The molecule has 1 unspecified atom stereocenters. The molecule has 2 heterocycles. The highest BCUT2D eigenvalue weighted by Gasteiger charge is 2.26. The molecule has 0 aliphatic carbocycles. The summed E-state index contributed by atoms with van der Waals surface area (Å²) < 4.78 is 5.44. The van der Waals surface area contributed by atoms with Crippen molar-refractivity contribution in [2.24, 2.45) is 5.92 Å². The lowest BCUT2D eigenvalue weighted by Gasteiger charge is -2.16. The van der Waals surface area contributed by atoms with Gasteiger partial charge in [0.25, 0.3) is 0 Å². The molecule has 0 radical (unpaired) electrons. The van der Waals surface area contributed by atoms with Crippen molar-refractivity contribution in [3.8, 4) is 0 Å². The molecule has 2 rings (SSSR count). The number of aromatic nitrogens is 1. The predicted octanol–water partition coefficient (Wildman–Crippen LogP) is 2.07. The molecule has 1 aromatic rings. The van der Waals surface area contributed by atoms with Gasteiger partial charge in [0.15, 0.2) is 0 Å². The minimum atomic E-state index is 0.181. The number of carbonyl (C=O) groups excluding carboxylic acids is 1. The van der Waals surface area contributed by atoms with Crippen molar-refractivity contribution in [1.82, 2.24) is 9.88 Å². The van der Waals surface area contributed by atoms with Crippen LogP contribution in [0.4, 0.5) is 0 Å². The average molecular weight is 276 g/mol. The molecule has 0 aromatic carbocycles. The van der Waals surface area contributed by atoms with Crippen LogP contribution in [-0.4, -0.2) is 42.1 Å². The van der Waals surface area contributed by atoms with Crippen molar-refractivity contribution in [1.29, 1.82) is 0 Å². The second-order valence-electron chi connectivity index (χ2n) is 5.34. The smallest absolute Gasteiger partial charge is 0.228 e. The van der Waals surface area contributed by atoms with Gasteiger partial charge in [-0.1, -0.05) is 13.0 Å². The second-order valence-corrected chi connectivity index (χ2v) is 5.34. The Labute approximate surface area is 121 Å². The molecule has 1 saturated heterocycles. The third kappa shape index (κ3) is 4.04. The van der Waals surface area contributed by atoms with Gasteiger partial charge in [0.1, 0.15) is 0 Å². The molecular formula is C16H24N2O2. The third-order valence-electron chi connectivity index (χ3n) is 3.82. The first-order chi connectivity index (χ1) is 9.72. The summed E-state index contributed by atoms with van der Waals surface area (Å²) in [5.41, 5.74) is 2.07. The van der Waals surface area contributed by atoms with E-state index in [1.165, 1.54) is 5.56 Å². The average Bonchev–Trinajstić information content (AvgIpc) is 2.95. The lowest BCUT2D eigenvalue weighted by Crippen LogP contribution is -2.30. The molecule has 0 N–H and O–H groups in total. The van der Waals surface area contributed by atoms with E-state index in [2.05, 4.69) is 18.0 Å². The molecule has 4 nitrogen and oxygen atoms in total. The molecule has 1 amide bonds. The standard InChI is InChI=1S/C16H24N2O2/c1-3-13-5-6-15(17-10-13)9-16(19)18-8-7-14(11-18)12-20-4-2/h5-6,10,14H,3-4,7-9,11-12H2,1-2H3. The minimum Gasteiger partial charge on any atom is -0.381 e. The number of nitrogens with zero attached hydrogens (tertiary/aromatic N) is 2. The second kappa shape index (κ2) is 7.39. The number of pyridine rings is 1. The van der Waals surface area contributed by atoms with Crippen LogP contribution in [0, 0.1) is 5.92 Å². The van der Waals surface area contributed by atoms with Crippen molar-refractivity contribution in [3.63, 3.8) is 0 Å². The Morgan fingerprint density at radius 1 is 1.45 bits per heavy atom. The zero-order valence-electron chi connectivity index (χ0n) is 12.5. The van der Waals surface area contributed by atoms with Crippen molar-refractivity contribution in [3.05, 3.63) is 29.6 Å². The van der Waals surface area contributed by atoms with Gasteiger partial charge in [0, 0.05) is 37.5 Å². The van der Waals surface area contributed by atoms with E-state index in [9.17, 15) is 4.79 Å². The number of aryl methyl sites for hydroxylation is 1. The van der Waals surface area contributed by atoms with Crippen LogP contribution in [0.1, 0.15) is 31.5 Å². The van der Waals surface area contributed by atoms with Gasteiger partial charge in [-0.2, -0.15) is 0 Å². The Balaban J connectivity index is 1.82. The molecule has 1 aliphatic heterocycles. The van der Waals surface area contributed by atoms with E-state index in [-0.39, 0.29) is 5.91 Å². The van der Waals surface area contributed by atoms with Crippen LogP contribution in [0.2, 0.25) is 0 Å². The van der Waals surface area contributed by atoms with Crippen LogP contribution in [0.25, 0.3) is 0 Å². The van der Waals surface area contributed by atoms with E-state index in [0.29, 0.717) is 12.3 Å². The fourth-order valence-corrected chi connectivity index (χ4v) is 2.52. The normalized spacial score (nSPS) is 18.5. The zero-order valence-corrected chi connectivity index (χ0v) is 12.5. The summed E-state index contributed by atoms with van der Waals surface area (Å²) in [6, 6.07) is 4.02. The van der Waals surface area contributed by atoms with E-state index >= 15 is 0 Å². The van der Waals surface area contributed by atoms with E-state index in [0.717, 1.165) is 44.8 Å². The summed E-state index contributed by atoms with van der Waals surface area (Å²) in [5.74, 6) is 0.676. The summed E-state index contributed by atoms with van der Waals surface area (Å²) in [7, 11) is 0. The minimum absolute atomic E-state index is 0.181. The van der Waals surface area contributed by atoms with Crippen molar-refractivity contribution >= 4 is 5.91 Å². The fraction of sp³-hybridized carbons (Fsp3) is 0.625. The number of hydrogen-bond donors (Lipinski definition) is 0.